The summed E-state index contributed by atoms with van der Waals surface area (Å²) in [5.74, 6) is 0.194. The van der Waals surface area contributed by atoms with Gasteiger partial charge in [0.2, 0.25) is 0 Å². The van der Waals surface area contributed by atoms with Gasteiger partial charge in [0.05, 0.1) is 0 Å². The molecule has 0 saturated carbocycles. The van der Waals surface area contributed by atoms with Gasteiger partial charge in [-0.05, 0) is 35.4 Å². The number of hydrogen-bond acceptors (Lipinski definition) is 1. The normalized spacial score (nSPS) is 10.2. The Labute approximate surface area is 120 Å². The molecular weight excluding hydrogens is 291 g/mol. The molecule has 0 aromatic heterocycles. The molecule has 0 fully saturated rings. The Morgan fingerprint density at radius 3 is 1.67 bits per heavy atom. The highest BCUT2D eigenvalue weighted by Crippen LogP contribution is 2.32. The highest BCUT2D eigenvalue weighted by atomic mass is 35.5. The lowest BCUT2D eigenvalue weighted by atomic mass is 9.99. The van der Waals surface area contributed by atoms with Gasteiger partial charge < -0.3 is 5.11 Å². The minimum Gasteiger partial charge on any atom is -0.508 e. The van der Waals surface area contributed by atoms with Crippen LogP contribution in [0.1, 0.15) is 11.1 Å². The zero-order chi connectivity index (χ0) is 13.1. The van der Waals surface area contributed by atoms with Crippen LogP contribution in [-0.2, 0) is 0 Å². The lowest BCUT2D eigenvalue weighted by Gasteiger charge is -2.09. The molecule has 1 N–H and O–H groups in total. The maximum Gasteiger partial charge on any atom is 0.115 e. The maximum atomic E-state index is 9.28. The Kier molecular flexibility index (Phi) is 4.18. The second-order valence-electron chi connectivity index (χ2n) is 3.69. The van der Waals surface area contributed by atoms with E-state index < -0.39 is 0 Å². The summed E-state index contributed by atoms with van der Waals surface area (Å²) >= 11 is 17.7. The Morgan fingerprint density at radius 2 is 1.22 bits per heavy atom. The quantitative estimate of drug-likeness (QED) is 0.804. The molecule has 0 radical (unpaired) electrons. The van der Waals surface area contributed by atoms with Crippen molar-refractivity contribution in [1.29, 1.82) is 0 Å². The van der Waals surface area contributed by atoms with Crippen molar-refractivity contribution in [2.75, 3.05) is 0 Å². The molecule has 0 bridgehead atoms. The molecule has 18 heavy (non-hydrogen) atoms. The molecule has 2 aromatic carbocycles. The SMILES string of the molecule is Oc1ccc(C(=C(Cl)Cl)c2ccc(Cl)cc2)cc1. The average Bonchev–Trinajstić information content (AvgIpc) is 2.34. The van der Waals surface area contributed by atoms with Gasteiger partial charge in [0, 0.05) is 10.6 Å². The van der Waals surface area contributed by atoms with E-state index in [0.29, 0.717) is 10.6 Å². The summed E-state index contributed by atoms with van der Waals surface area (Å²) in [5, 5.41) is 9.93. The Hall–Kier alpha value is -1.15. The van der Waals surface area contributed by atoms with Crippen molar-refractivity contribution in [2.24, 2.45) is 0 Å². The fourth-order valence-corrected chi connectivity index (χ4v) is 2.19. The lowest BCUT2D eigenvalue weighted by Crippen LogP contribution is -1.88. The third kappa shape index (κ3) is 2.99. The predicted molar refractivity (Wildman–Crippen MR) is 77.3 cm³/mol. The predicted octanol–water partition coefficient (Wildman–Crippen LogP) is 5.24. The van der Waals surface area contributed by atoms with Gasteiger partial charge in [0.15, 0.2) is 0 Å². The van der Waals surface area contributed by atoms with Crippen LogP contribution >= 0.6 is 34.8 Å². The van der Waals surface area contributed by atoms with E-state index in [1.54, 1.807) is 36.4 Å². The van der Waals surface area contributed by atoms with Gasteiger partial charge in [-0.15, -0.1) is 0 Å². The highest BCUT2D eigenvalue weighted by Gasteiger charge is 2.09. The van der Waals surface area contributed by atoms with E-state index in [2.05, 4.69) is 0 Å². The monoisotopic (exact) mass is 298 g/mol. The van der Waals surface area contributed by atoms with Crippen LogP contribution in [0.3, 0.4) is 0 Å². The standard InChI is InChI=1S/C14H9Cl3O/c15-11-5-1-9(2-6-11)13(14(16)17)10-3-7-12(18)8-4-10/h1-8,18H. The van der Waals surface area contributed by atoms with Crippen molar-refractivity contribution >= 4 is 40.4 Å². The molecule has 0 aliphatic carbocycles. The maximum absolute atomic E-state index is 9.28. The van der Waals surface area contributed by atoms with E-state index in [0.717, 1.165) is 11.1 Å². The summed E-state index contributed by atoms with van der Waals surface area (Å²) in [4.78, 5) is 0. The fourth-order valence-electron chi connectivity index (χ4n) is 1.63. The highest BCUT2D eigenvalue weighted by molar-refractivity contribution is 6.59. The third-order valence-electron chi connectivity index (χ3n) is 2.48. The molecule has 0 saturated heterocycles. The second kappa shape index (κ2) is 5.66. The first-order chi connectivity index (χ1) is 8.58. The average molecular weight is 300 g/mol. The minimum atomic E-state index is 0.169. The molecule has 0 atom stereocenters. The van der Waals surface area contributed by atoms with E-state index >= 15 is 0 Å². The topological polar surface area (TPSA) is 20.2 Å². The van der Waals surface area contributed by atoms with Crippen molar-refractivity contribution in [2.45, 2.75) is 0 Å². The van der Waals surface area contributed by atoms with Gasteiger partial charge in [-0.3, -0.25) is 0 Å². The van der Waals surface area contributed by atoms with E-state index in [1.165, 1.54) is 0 Å². The molecule has 0 unspecified atom stereocenters. The van der Waals surface area contributed by atoms with Crippen molar-refractivity contribution in [3.05, 3.63) is 69.2 Å². The smallest absolute Gasteiger partial charge is 0.115 e. The number of rotatable bonds is 2. The van der Waals surface area contributed by atoms with Crippen LogP contribution in [-0.4, -0.2) is 5.11 Å². The van der Waals surface area contributed by atoms with Crippen LogP contribution in [0.15, 0.2) is 53.0 Å². The van der Waals surface area contributed by atoms with Crippen LogP contribution in [0.5, 0.6) is 5.75 Å². The number of hydrogen-bond donors (Lipinski definition) is 1. The van der Waals surface area contributed by atoms with Crippen LogP contribution in [0.25, 0.3) is 5.57 Å². The molecule has 4 heteroatoms. The first-order valence-corrected chi connectivity index (χ1v) is 6.32. The number of phenolic OH excluding ortho intramolecular Hbond substituents is 1. The first-order valence-electron chi connectivity index (χ1n) is 5.18. The fraction of sp³-hybridized carbons (Fsp3) is 0. The lowest BCUT2D eigenvalue weighted by molar-refractivity contribution is 0.475. The van der Waals surface area contributed by atoms with Gasteiger partial charge in [0.25, 0.3) is 0 Å². The van der Waals surface area contributed by atoms with E-state index in [9.17, 15) is 5.11 Å². The summed E-state index contributed by atoms with van der Waals surface area (Å²) in [6.07, 6.45) is 0. The van der Waals surface area contributed by atoms with Crippen molar-refractivity contribution < 1.29 is 5.11 Å². The molecule has 2 rings (SSSR count). The molecule has 0 spiro atoms. The summed E-state index contributed by atoms with van der Waals surface area (Å²) in [6.45, 7) is 0. The number of aromatic hydroxyl groups is 1. The first kappa shape index (κ1) is 13.3. The molecule has 0 amide bonds. The van der Waals surface area contributed by atoms with Crippen LogP contribution in [0.4, 0.5) is 0 Å². The number of benzene rings is 2. The largest absolute Gasteiger partial charge is 0.508 e. The third-order valence-corrected chi connectivity index (χ3v) is 3.11. The minimum absolute atomic E-state index is 0.169. The van der Waals surface area contributed by atoms with Gasteiger partial charge in [-0.1, -0.05) is 59.1 Å². The van der Waals surface area contributed by atoms with E-state index in [4.69, 9.17) is 34.8 Å². The van der Waals surface area contributed by atoms with Crippen LogP contribution < -0.4 is 0 Å². The van der Waals surface area contributed by atoms with Crippen LogP contribution in [0.2, 0.25) is 5.02 Å². The summed E-state index contributed by atoms with van der Waals surface area (Å²) in [7, 11) is 0. The van der Waals surface area contributed by atoms with Crippen molar-refractivity contribution in [1.82, 2.24) is 0 Å². The Morgan fingerprint density at radius 1 is 0.778 bits per heavy atom. The van der Waals surface area contributed by atoms with Gasteiger partial charge in [-0.25, -0.2) is 0 Å². The number of phenols is 1. The summed E-state index contributed by atoms with van der Waals surface area (Å²) in [5.41, 5.74) is 2.40. The van der Waals surface area contributed by atoms with Crippen molar-refractivity contribution in [3.63, 3.8) is 0 Å². The molecule has 2 aromatic rings. The van der Waals surface area contributed by atoms with E-state index in [-0.39, 0.29) is 10.2 Å². The zero-order valence-electron chi connectivity index (χ0n) is 9.20. The van der Waals surface area contributed by atoms with Crippen molar-refractivity contribution in [3.8, 4) is 5.75 Å². The molecule has 1 nitrogen and oxygen atoms in total. The Bertz CT molecular complexity index is 519. The molecular formula is C14H9Cl3O. The van der Waals surface area contributed by atoms with E-state index in [1.807, 2.05) is 12.1 Å². The molecule has 0 aliphatic rings. The van der Waals surface area contributed by atoms with Gasteiger partial charge >= 0.3 is 0 Å². The molecule has 0 aliphatic heterocycles. The molecule has 0 heterocycles. The molecule has 92 valence electrons. The van der Waals surface area contributed by atoms with Crippen LogP contribution in [0, 0.1) is 0 Å². The number of halogens is 3. The zero-order valence-corrected chi connectivity index (χ0v) is 11.5. The summed E-state index contributed by atoms with van der Waals surface area (Å²) in [6, 6.07) is 13.9. The second-order valence-corrected chi connectivity index (χ2v) is 5.08. The van der Waals surface area contributed by atoms with Gasteiger partial charge in [-0.2, -0.15) is 0 Å². The Balaban J connectivity index is 2.51. The van der Waals surface area contributed by atoms with Gasteiger partial charge in [0.1, 0.15) is 10.2 Å². The summed E-state index contributed by atoms with van der Waals surface area (Å²) < 4.78 is 0.169.